The van der Waals surface area contributed by atoms with Gasteiger partial charge in [0.1, 0.15) is 0 Å². The average molecular weight is 484 g/mol. The minimum absolute atomic E-state index is 0. The molecule has 2 unspecified atom stereocenters. The van der Waals surface area contributed by atoms with Gasteiger partial charge in [-0.05, 0) is 31.6 Å². The van der Waals surface area contributed by atoms with Crippen LogP contribution < -0.4 is 10.6 Å². The summed E-state index contributed by atoms with van der Waals surface area (Å²) < 4.78 is 5.49. The van der Waals surface area contributed by atoms with Crippen molar-refractivity contribution in [1.82, 2.24) is 15.5 Å². The van der Waals surface area contributed by atoms with Crippen LogP contribution in [-0.2, 0) is 4.74 Å². The molecule has 26 heavy (non-hydrogen) atoms. The number of aliphatic imine (C=N–C) groups is 1. The molecule has 1 heterocycles. The molecule has 0 aromatic heterocycles. The third-order valence-corrected chi connectivity index (χ3v) is 4.85. The summed E-state index contributed by atoms with van der Waals surface area (Å²) in [5, 5.41) is 16.1. The van der Waals surface area contributed by atoms with Gasteiger partial charge in [0.15, 0.2) is 5.96 Å². The Morgan fingerprint density at radius 3 is 2.38 bits per heavy atom. The Morgan fingerprint density at radius 1 is 1.15 bits per heavy atom. The van der Waals surface area contributed by atoms with Gasteiger partial charge in [0.2, 0.25) is 0 Å². The van der Waals surface area contributed by atoms with E-state index in [1.165, 1.54) is 0 Å². The zero-order valence-electron chi connectivity index (χ0n) is 17.2. The van der Waals surface area contributed by atoms with Gasteiger partial charge in [-0.1, -0.05) is 27.2 Å². The maximum Gasteiger partial charge on any atom is 0.191 e. The molecule has 0 bridgehead atoms. The molecule has 1 aliphatic rings. The summed E-state index contributed by atoms with van der Waals surface area (Å²) >= 11 is 0. The minimum Gasteiger partial charge on any atom is -0.396 e. The van der Waals surface area contributed by atoms with Crippen molar-refractivity contribution >= 4 is 29.9 Å². The fourth-order valence-corrected chi connectivity index (χ4v) is 3.38. The second kappa shape index (κ2) is 15.9. The molecule has 7 heteroatoms. The largest absolute Gasteiger partial charge is 0.396 e. The fraction of sp³-hybridized carbons (Fsp3) is 0.947. The number of rotatable bonds is 11. The predicted molar refractivity (Wildman–Crippen MR) is 121 cm³/mol. The molecule has 0 aromatic rings. The van der Waals surface area contributed by atoms with Crippen molar-refractivity contribution in [2.45, 2.75) is 53.0 Å². The average Bonchev–Trinajstić information content (AvgIpc) is 2.60. The number of hydrogen-bond acceptors (Lipinski definition) is 4. The van der Waals surface area contributed by atoms with Crippen LogP contribution in [0.4, 0.5) is 0 Å². The normalized spacial score (nSPS) is 18.3. The van der Waals surface area contributed by atoms with Gasteiger partial charge in [-0.3, -0.25) is 9.89 Å². The first-order valence-electron chi connectivity index (χ1n) is 10.1. The quantitative estimate of drug-likeness (QED) is 0.239. The Morgan fingerprint density at radius 2 is 1.85 bits per heavy atom. The Bertz CT molecular complexity index is 357. The van der Waals surface area contributed by atoms with E-state index in [9.17, 15) is 5.11 Å². The first kappa shape index (κ1) is 25.9. The molecule has 156 valence electrons. The highest BCUT2D eigenvalue weighted by molar-refractivity contribution is 14.0. The van der Waals surface area contributed by atoms with Gasteiger partial charge in [0.05, 0.1) is 13.2 Å². The molecule has 0 saturated carbocycles. The monoisotopic (exact) mass is 484 g/mol. The number of aliphatic hydroxyl groups is 1. The van der Waals surface area contributed by atoms with Crippen molar-refractivity contribution in [2.75, 3.05) is 52.5 Å². The highest BCUT2D eigenvalue weighted by Crippen LogP contribution is 2.13. The number of nitrogens with one attached hydrogen (secondary N) is 2. The summed E-state index contributed by atoms with van der Waals surface area (Å²) in [7, 11) is 0. The van der Waals surface area contributed by atoms with Crippen LogP contribution in [-0.4, -0.2) is 74.6 Å². The minimum atomic E-state index is 0. The summed E-state index contributed by atoms with van der Waals surface area (Å²) in [6, 6.07) is 0.483. The summed E-state index contributed by atoms with van der Waals surface area (Å²) in [5.41, 5.74) is 0. The smallest absolute Gasteiger partial charge is 0.191 e. The van der Waals surface area contributed by atoms with Crippen LogP contribution in [0.15, 0.2) is 4.99 Å². The Labute approximate surface area is 177 Å². The van der Waals surface area contributed by atoms with Crippen molar-refractivity contribution in [2.24, 2.45) is 16.8 Å². The molecule has 1 rings (SSSR count). The number of morpholine rings is 1. The van der Waals surface area contributed by atoms with Gasteiger partial charge in [-0.25, -0.2) is 0 Å². The van der Waals surface area contributed by atoms with Crippen molar-refractivity contribution < 1.29 is 9.84 Å². The summed E-state index contributed by atoms with van der Waals surface area (Å²) in [6.07, 6.45) is 3.08. The standard InChI is InChI=1S/C19H40N4O2.HI/c1-5-7-17(8-11-24)14-21-19(20-6-2)22-15-18(16(3)4)23-9-12-25-13-10-23;/h16-18,24H,5-15H2,1-4H3,(H2,20,21,22);1H. The number of guanidine groups is 1. The van der Waals surface area contributed by atoms with Crippen LogP contribution in [0.2, 0.25) is 0 Å². The summed E-state index contributed by atoms with van der Waals surface area (Å²) in [4.78, 5) is 7.29. The molecular formula is C19H41IN4O2. The third-order valence-electron chi connectivity index (χ3n) is 4.85. The van der Waals surface area contributed by atoms with Crippen LogP contribution in [0.1, 0.15) is 47.0 Å². The number of nitrogens with zero attached hydrogens (tertiary/aromatic N) is 2. The second-order valence-electron chi connectivity index (χ2n) is 7.23. The van der Waals surface area contributed by atoms with Gasteiger partial charge in [-0.15, -0.1) is 24.0 Å². The molecule has 1 fully saturated rings. The van der Waals surface area contributed by atoms with Crippen LogP contribution in [0.25, 0.3) is 0 Å². The molecule has 0 amide bonds. The molecule has 1 saturated heterocycles. The van der Waals surface area contributed by atoms with Crippen LogP contribution >= 0.6 is 24.0 Å². The van der Waals surface area contributed by atoms with E-state index in [-0.39, 0.29) is 30.6 Å². The Hall–Kier alpha value is -0.120. The van der Waals surface area contributed by atoms with Crippen LogP contribution in [0.5, 0.6) is 0 Å². The van der Waals surface area contributed by atoms with E-state index in [4.69, 9.17) is 9.73 Å². The SMILES string of the molecule is CCCC(CCO)CN=C(NCC)NCC(C(C)C)N1CCOCC1.I. The number of hydrogen-bond donors (Lipinski definition) is 3. The molecule has 2 atom stereocenters. The van der Waals surface area contributed by atoms with Crippen molar-refractivity contribution in [3.05, 3.63) is 0 Å². The Balaban J connectivity index is 0.00000625. The lowest BCUT2D eigenvalue weighted by molar-refractivity contribution is 0.00752. The lowest BCUT2D eigenvalue weighted by Gasteiger charge is -2.37. The highest BCUT2D eigenvalue weighted by Gasteiger charge is 2.23. The van der Waals surface area contributed by atoms with Gasteiger partial charge in [-0.2, -0.15) is 0 Å². The lowest BCUT2D eigenvalue weighted by Crippen LogP contribution is -2.52. The van der Waals surface area contributed by atoms with Crippen molar-refractivity contribution in [3.63, 3.8) is 0 Å². The summed E-state index contributed by atoms with van der Waals surface area (Å²) in [6.45, 7) is 15.3. The zero-order valence-corrected chi connectivity index (χ0v) is 19.5. The lowest BCUT2D eigenvalue weighted by atomic mass is 10.0. The topological polar surface area (TPSA) is 69.1 Å². The highest BCUT2D eigenvalue weighted by atomic mass is 127. The zero-order chi connectivity index (χ0) is 18.5. The first-order valence-corrected chi connectivity index (χ1v) is 10.1. The van der Waals surface area contributed by atoms with E-state index in [2.05, 4.69) is 43.2 Å². The van der Waals surface area contributed by atoms with E-state index < -0.39 is 0 Å². The maximum atomic E-state index is 9.22. The molecule has 6 nitrogen and oxygen atoms in total. The van der Waals surface area contributed by atoms with Gasteiger partial charge < -0.3 is 20.5 Å². The molecule has 0 aromatic carbocycles. The van der Waals surface area contributed by atoms with E-state index >= 15 is 0 Å². The third kappa shape index (κ3) is 10.3. The van der Waals surface area contributed by atoms with E-state index in [0.717, 1.165) is 71.2 Å². The van der Waals surface area contributed by atoms with E-state index in [1.807, 2.05) is 0 Å². The van der Waals surface area contributed by atoms with Crippen molar-refractivity contribution in [1.29, 1.82) is 0 Å². The molecular weight excluding hydrogens is 443 g/mol. The van der Waals surface area contributed by atoms with Crippen LogP contribution in [0, 0.1) is 11.8 Å². The second-order valence-corrected chi connectivity index (χ2v) is 7.23. The molecule has 0 aliphatic carbocycles. The van der Waals surface area contributed by atoms with Crippen molar-refractivity contribution in [3.8, 4) is 0 Å². The van der Waals surface area contributed by atoms with Gasteiger partial charge in [0, 0.05) is 45.4 Å². The number of ether oxygens (including phenoxy) is 1. The molecule has 0 spiro atoms. The predicted octanol–water partition coefficient (Wildman–Crippen LogP) is 2.31. The van der Waals surface area contributed by atoms with Gasteiger partial charge >= 0.3 is 0 Å². The number of aliphatic hydroxyl groups excluding tert-OH is 1. The van der Waals surface area contributed by atoms with Crippen LogP contribution in [0.3, 0.4) is 0 Å². The first-order chi connectivity index (χ1) is 12.1. The Kier molecular flexibility index (Phi) is 15.8. The fourth-order valence-electron chi connectivity index (χ4n) is 3.38. The van der Waals surface area contributed by atoms with E-state index in [1.54, 1.807) is 0 Å². The molecule has 3 N–H and O–H groups in total. The molecule has 1 aliphatic heterocycles. The van der Waals surface area contributed by atoms with E-state index in [0.29, 0.717) is 17.9 Å². The summed E-state index contributed by atoms with van der Waals surface area (Å²) in [5.74, 6) is 1.93. The number of halogens is 1. The maximum absolute atomic E-state index is 9.22. The molecule has 0 radical (unpaired) electrons. The van der Waals surface area contributed by atoms with Gasteiger partial charge in [0.25, 0.3) is 0 Å².